The van der Waals surface area contributed by atoms with Crippen LogP contribution in [0.5, 0.6) is 0 Å². The van der Waals surface area contributed by atoms with Gasteiger partial charge in [0.25, 0.3) is 0 Å². The van der Waals surface area contributed by atoms with E-state index in [0.717, 1.165) is 5.56 Å². The number of anilines is 2. The number of aliphatic hydroxyl groups is 1. The molecule has 6 heteroatoms. The summed E-state index contributed by atoms with van der Waals surface area (Å²) in [5.41, 5.74) is 1.99. The average Bonchev–Trinajstić information content (AvgIpc) is 2.74. The molecule has 0 aliphatic carbocycles. The molecule has 1 aromatic heterocycles. The molecule has 0 aliphatic rings. The van der Waals surface area contributed by atoms with Gasteiger partial charge in [0.2, 0.25) is 0 Å². The van der Waals surface area contributed by atoms with Gasteiger partial charge in [0.1, 0.15) is 0 Å². The molecule has 1 heterocycles. The lowest BCUT2D eigenvalue weighted by Crippen LogP contribution is -2.19. The van der Waals surface area contributed by atoms with E-state index < -0.39 is 6.10 Å². The second-order valence-corrected chi connectivity index (χ2v) is 4.28. The Morgan fingerprint density at radius 1 is 1.37 bits per heavy atom. The van der Waals surface area contributed by atoms with Crippen LogP contribution < -0.4 is 10.6 Å². The Balaban J connectivity index is 2.00. The van der Waals surface area contributed by atoms with Crippen molar-refractivity contribution in [3.63, 3.8) is 0 Å². The number of benzene rings is 1. The van der Waals surface area contributed by atoms with Gasteiger partial charge in [-0.1, -0.05) is 12.1 Å². The number of rotatable bonds is 3. The van der Waals surface area contributed by atoms with E-state index in [1.54, 1.807) is 55.3 Å². The van der Waals surface area contributed by atoms with Gasteiger partial charge in [-0.05, 0) is 24.6 Å². The number of aryl methyl sites for hydroxylation is 1. The summed E-state index contributed by atoms with van der Waals surface area (Å²) in [6.07, 6.45) is 2.69. The molecule has 0 aliphatic heterocycles. The standard InChI is InChI=1S/C13H16N4O2/c1-9(18)10-4-3-5-11(6-10)15-13(19)16-12-7-14-17(2)8-12/h3-9,18H,1-2H3,(H2,15,16,19). The smallest absolute Gasteiger partial charge is 0.323 e. The second-order valence-electron chi connectivity index (χ2n) is 4.28. The number of carbonyl (C=O) groups excluding carboxylic acids is 1. The van der Waals surface area contributed by atoms with Gasteiger partial charge in [-0.15, -0.1) is 0 Å². The predicted octanol–water partition coefficient (Wildman–Crippen LogP) is 2.12. The van der Waals surface area contributed by atoms with E-state index in [1.807, 2.05) is 0 Å². The summed E-state index contributed by atoms with van der Waals surface area (Å²) < 4.78 is 1.60. The van der Waals surface area contributed by atoms with Crippen molar-refractivity contribution in [1.29, 1.82) is 0 Å². The van der Waals surface area contributed by atoms with E-state index in [2.05, 4.69) is 15.7 Å². The van der Waals surface area contributed by atoms with Crippen LogP contribution in [0.2, 0.25) is 0 Å². The third-order valence-corrected chi connectivity index (χ3v) is 2.59. The lowest BCUT2D eigenvalue weighted by Gasteiger charge is -2.09. The fraction of sp³-hybridized carbons (Fsp3) is 0.231. The van der Waals surface area contributed by atoms with E-state index in [0.29, 0.717) is 11.4 Å². The first-order valence-corrected chi connectivity index (χ1v) is 5.89. The Morgan fingerprint density at radius 2 is 2.11 bits per heavy atom. The van der Waals surface area contributed by atoms with Gasteiger partial charge in [0.05, 0.1) is 18.0 Å². The maximum atomic E-state index is 11.8. The van der Waals surface area contributed by atoms with E-state index in [4.69, 9.17) is 0 Å². The van der Waals surface area contributed by atoms with Crippen LogP contribution in [0.25, 0.3) is 0 Å². The highest BCUT2D eigenvalue weighted by Crippen LogP contribution is 2.17. The quantitative estimate of drug-likeness (QED) is 0.790. The molecule has 0 saturated carbocycles. The SMILES string of the molecule is CC(O)c1cccc(NC(=O)Nc2cnn(C)c2)c1. The highest BCUT2D eigenvalue weighted by Gasteiger charge is 2.06. The number of nitrogens with zero attached hydrogens (tertiary/aromatic N) is 2. The van der Waals surface area contributed by atoms with Crippen molar-refractivity contribution >= 4 is 17.4 Å². The van der Waals surface area contributed by atoms with Crippen LogP contribution in [0.4, 0.5) is 16.2 Å². The van der Waals surface area contributed by atoms with Gasteiger partial charge >= 0.3 is 6.03 Å². The minimum absolute atomic E-state index is 0.351. The second kappa shape index (κ2) is 5.53. The minimum atomic E-state index is -0.567. The monoisotopic (exact) mass is 260 g/mol. The van der Waals surface area contributed by atoms with E-state index in [9.17, 15) is 9.90 Å². The summed E-state index contributed by atoms with van der Waals surface area (Å²) in [6.45, 7) is 1.68. The van der Waals surface area contributed by atoms with Crippen molar-refractivity contribution < 1.29 is 9.90 Å². The molecular weight excluding hydrogens is 244 g/mol. The number of carbonyl (C=O) groups is 1. The van der Waals surface area contributed by atoms with Crippen molar-refractivity contribution in [2.75, 3.05) is 10.6 Å². The third kappa shape index (κ3) is 3.56. The molecule has 2 rings (SSSR count). The van der Waals surface area contributed by atoms with Gasteiger partial charge in [-0.3, -0.25) is 4.68 Å². The third-order valence-electron chi connectivity index (χ3n) is 2.59. The van der Waals surface area contributed by atoms with Crippen molar-refractivity contribution in [2.24, 2.45) is 7.05 Å². The fourth-order valence-corrected chi connectivity index (χ4v) is 1.66. The van der Waals surface area contributed by atoms with Crippen LogP contribution in [0.15, 0.2) is 36.7 Å². The molecule has 0 saturated heterocycles. The maximum absolute atomic E-state index is 11.8. The van der Waals surface area contributed by atoms with Crippen molar-refractivity contribution in [1.82, 2.24) is 9.78 Å². The van der Waals surface area contributed by atoms with Gasteiger partial charge in [-0.25, -0.2) is 4.79 Å². The zero-order valence-electron chi connectivity index (χ0n) is 10.8. The molecule has 100 valence electrons. The minimum Gasteiger partial charge on any atom is -0.389 e. The summed E-state index contributed by atoms with van der Waals surface area (Å²) in [5.74, 6) is 0. The number of urea groups is 1. The maximum Gasteiger partial charge on any atom is 0.323 e. The molecule has 6 nitrogen and oxygen atoms in total. The van der Waals surface area contributed by atoms with Gasteiger partial charge in [0.15, 0.2) is 0 Å². The first kappa shape index (κ1) is 13.1. The molecule has 0 radical (unpaired) electrons. The molecule has 1 unspecified atom stereocenters. The van der Waals surface area contributed by atoms with Gasteiger partial charge in [-0.2, -0.15) is 5.10 Å². The van der Waals surface area contributed by atoms with Crippen LogP contribution in [-0.4, -0.2) is 20.9 Å². The number of nitrogens with one attached hydrogen (secondary N) is 2. The Morgan fingerprint density at radius 3 is 2.74 bits per heavy atom. The van der Waals surface area contributed by atoms with E-state index >= 15 is 0 Å². The Labute approximate surface area is 111 Å². The summed E-state index contributed by atoms with van der Waals surface area (Å²) in [7, 11) is 1.77. The molecule has 3 N–H and O–H groups in total. The first-order valence-electron chi connectivity index (χ1n) is 5.89. The van der Waals surface area contributed by atoms with Crippen molar-refractivity contribution in [3.05, 3.63) is 42.2 Å². The van der Waals surface area contributed by atoms with Crippen LogP contribution in [0.1, 0.15) is 18.6 Å². The zero-order chi connectivity index (χ0) is 13.8. The number of aliphatic hydroxyl groups excluding tert-OH is 1. The van der Waals surface area contributed by atoms with E-state index in [-0.39, 0.29) is 6.03 Å². The van der Waals surface area contributed by atoms with Crippen molar-refractivity contribution in [2.45, 2.75) is 13.0 Å². The lowest BCUT2D eigenvalue weighted by molar-refractivity contribution is 0.199. The van der Waals surface area contributed by atoms with Crippen LogP contribution in [0.3, 0.4) is 0 Å². The van der Waals surface area contributed by atoms with Gasteiger partial charge in [0, 0.05) is 18.9 Å². The largest absolute Gasteiger partial charge is 0.389 e. The Kier molecular flexibility index (Phi) is 3.82. The number of aromatic nitrogens is 2. The van der Waals surface area contributed by atoms with Gasteiger partial charge < -0.3 is 15.7 Å². The van der Waals surface area contributed by atoms with Crippen LogP contribution in [-0.2, 0) is 7.05 Å². The summed E-state index contributed by atoms with van der Waals surface area (Å²) in [4.78, 5) is 11.8. The number of amides is 2. The molecule has 1 aromatic carbocycles. The highest BCUT2D eigenvalue weighted by atomic mass is 16.3. The number of hydrogen-bond acceptors (Lipinski definition) is 3. The molecule has 19 heavy (non-hydrogen) atoms. The molecule has 2 amide bonds. The summed E-state index contributed by atoms with van der Waals surface area (Å²) in [6, 6.07) is 6.72. The highest BCUT2D eigenvalue weighted by molar-refractivity contribution is 5.99. The normalized spacial score (nSPS) is 11.9. The Bertz CT molecular complexity index is 578. The van der Waals surface area contributed by atoms with Crippen LogP contribution >= 0.6 is 0 Å². The van der Waals surface area contributed by atoms with E-state index in [1.165, 1.54) is 0 Å². The fourth-order valence-electron chi connectivity index (χ4n) is 1.66. The van der Waals surface area contributed by atoms with Crippen molar-refractivity contribution in [3.8, 4) is 0 Å². The molecule has 0 spiro atoms. The number of hydrogen-bond donors (Lipinski definition) is 3. The first-order chi connectivity index (χ1) is 9.04. The molecule has 2 aromatic rings. The topological polar surface area (TPSA) is 79.2 Å². The average molecular weight is 260 g/mol. The summed E-state index contributed by atoms with van der Waals surface area (Å²) in [5, 5.41) is 18.8. The Hall–Kier alpha value is -2.34. The lowest BCUT2D eigenvalue weighted by atomic mass is 10.1. The predicted molar refractivity (Wildman–Crippen MR) is 72.9 cm³/mol. The summed E-state index contributed by atoms with van der Waals surface area (Å²) >= 11 is 0. The molecule has 1 atom stereocenters. The zero-order valence-corrected chi connectivity index (χ0v) is 10.8. The van der Waals surface area contributed by atoms with Crippen LogP contribution in [0, 0.1) is 0 Å². The molecule has 0 bridgehead atoms. The molecule has 0 fully saturated rings. The molecular formula is C13H16N4O2.